The Bertz CT molecular complexity index is 874. The van der Waals surface area contributed by atoms with Crippen molar-refractivity contribution in [1.29, 1.82) is 0 Å². The lowest BCUT2D eigenvalue weighted by molar-refractivity contribution is -0.118. The van der Waals surface area contributed by atoms with Crippen LogP contribution in [0.5, 0.6) is 0 Å². The second-order valence-corrected chi connectivity index (χ2v) is 6.46. The van der Waals surface area contributed by atoms with Crippen molar-refractivity contribution in [2.75, 3.05) is 0 Å². The molecule has 27 heavy (non-hydrogen) atoms. The molecule has 0 amide bonds. The van der Waals surface area contributed by atoms with Crippen LogP contribution in [-0.2, 0) is 23.7 Å². The zero-order valence-corrected chi connectivity index (χ0v) is 14.9. The standard InChI is InChI=1S/C22H20O5/c23-22(21-15-26-19(13-27-21)17-9-5-2-6-10-17)20-14-24-18(12-25-20)11-16-7-3-1-4-8-16/h1-3,5,7,9,12-15H,4,6,8,10-11H2. The minimum absolute atomic E-state index is 0.0533. The molecule has 4 rings (SSSR count). The highest BCUT2D eigenvalue weighted by molar-refractivity contribution is 6.05. The van der Waals surface area contributed by atoms with E-state index in [-0.39, 0.29) is 11.5 Å². The topological polar surface area (TPSA) is 54.0 Å². The first-order valence-electron chi connectivity index (χ1n) is 9.01. The summed E-state index contributed by atoms with van der Waals surface area (Å²) < 4.78 is 22.0. The summed E-state index contributed by atoms with van der Waals surface area (Å²) in [6.07, 6.45) is 22.4. The summed E-state index contributed by atoms with van der Waals surface area (Å²) in [6, 6.07) is 0. The van der Waals surface area contributed by atoms with E-state index in [9.17, 15) is 4.79 Å². The SMILES string of the molecule is O=C(C1=COC(CC2=CC=CCC2)=CO1)C1=COC(C2=CC=CCC2)=CO1. The van der Waals surface area contributed by atoms with Gasteiger partial charge in [-0.25, -0.2) is 0 Å². The van der Waals surface area contributed by atoms with Gasteiger partial charge >= 0.3 is 0 Å². The van der Waals surface area contributed by atoms with Crippen molar-refractivity contribution in [2.24, 2.45) is 0 Å². The number of Topliss-reactive ketones (excluding diaryl/α,β-unsaturated/α-hetero) is 1. The maximum absolute atomic E-state index is 12.5. The maximum Gasteiger partial charge on any atom is 0.269 e. The van der Waals surface area contributed by atoms with Crippen LogP contribution in [0.3, 0.4) is 0 Å². The van der Waals surface area contributed by atoms with Crippen molar-refractivity contribution in [2.45, 2.75) is 32.1 Å². The Morgan fingerprint density at radius 2 is 1.56 bits per heavy atom. The second-order valence-electron chi connectivity index (χ2n) is 6.46. The number of carbonyl (C=O) groups excluding carboxylic acids is 1. The molecule has 2 aliphatic carbocycles. The summed E-state index contributed by atoms with van der Waals surface area (Å²) in [5.41, 5.74) is 2.31. The predicted octanol–water partition coefficient (Wildman–Crippen LogP) is 4.96. The molecule has 0 aromatic heterocycles. The molecule has 5 nitrogen and oxygen atoms in total. The summed E-state index contributed by atoms with van der Waals surface area (Å²) >= 11 is 0. The van der Waals surface area contributed by atoms with E-state index in [1.165, 1.54) is 30.6 Å². The fourth-order valence-corrected chi connectivity index (χ4v) is 3.01. The van der Waals surface area contributed by atoms with Crippen LogP contribution in [0.2, 0.25) is 0 Å². The first-order valence-corrected chi connectivity index (χ1v) is 9.01. The fourth-order valence-electron chi connectivity index (χ4n) is 3.01. The van der Waals surface area contributed by atoms with Gasteiger partial charge in [-0.2, -0.15) is 0 Å². The van der Waals surface area contributed by atoms with Crippen molar-refractivity contribution in [3.05, 3.63) is 95.7 Å². The van der Waals surface area contributed by atoms with Gasteiger partial charge in [0.2, 0.25) is 11.5 Å². The third-order valence-corrected chi connectivity index (χ3v) is 4.50. The van der Waals surface area contributed by atoms with E-state index in [0.717, 1.165) is 31.3 Å². The summed E-state index contributed by atoms with van der Waals surface area (Å²) in [4.78, 5) is 12.5. The Hall–Kier alpha value is -3.21. The molecule has 2 aliphatic heterocycles. The van der Waals surface area contributed by atoms with E-state index in [0.29, 0.717) is 17.9 Å². The number of hydrogen-bond acceptors (Lipinski definition) is 5. The first-order chi connectivity index (χ1) is 13.3. The summed E-state index contributed by atoms with van der Waals surface area (Å²) in [5.74, 6) is 0.961. The van der Waals surface area contributed by atoms with Crippen LogP contribution in [0, 0.1) is 0 Å². The molecule has 0 atom stereocenters. The van der Waals surface area contributed by atoms with Crippen LogP contribution >= 0.6 is 0 Å². The number of allylic oxidation sites excluding steroid dienone is 8. The summed E-state index contributed by atoms with van der Waals surface area (Å²) in [6.45, 7) is 0. The number of hydrogen-bond donors (Lipinski definition) is 0. The van der Waals surface area contributed by atoms with Gasteiger partial charge in [0.1, 0.15) is 30.8 Å². The van der Waals surface area contributed by atoms with Gasteiger partial charge in [0.25, 0.3) is 5.78 Å². The molecule has 0 spiro atoms. The predicted molar refractivity (Wildman–Crippen MR) is 99.2 cm³/mol. The number of rotatable bonds is 5. The lowest BCUT2D eigenvalue weighted by Gasteiger charge is -2.19. The average Bonchev–Trinajstić information content (AvgIpc) is 2.75. The quantitative estimate of drug-likeness (QED) is 0.690. The van der Waals surface area contributed by atoms with Crippen molar-refractivity contribution in [3.63, 3.8) is 0 Å². The Labute approximate surface area is 157 Å². The van der Waals surface area contributed by atoms with Crippen LogP contribution in [-0.4, -0.2) is 5.78 Å². The highest BCUT2D eigenvalue weighted by Crippen LogP contribution is 2.28. The summed E-state index contributed by atoms with van der Waals surface area (Å²) in [7, 11) is 0. The van der Waals surface area contributed by atoms with Gasteiger partial charge in [-0.05, 0) is 31.3 Å². The van der Waals surface area contributed by atoms with Crippen molar-refractivity contribution < 1.29 is 23.7 Å². The lowest BCUT2D eigenvalue weighted by Crippen LogP contribution is -2.15. The molecule has 138 valence electrons. The lowest BCUT2D eigenvalue weighted by atomic mass is 10.0. The molecule has 0 aromatic carbocycles. The normalized spacial score (nSPS) is 21.0. The zero-order valence-electron chi connectivity index (χ0n) is 14.9. The van der Waals surface area contributed by atoms with Crippen LogP contribution in [0.1, 0.15) is 32.1 Å². The largest absolute Gasteiger partial charge is 0.462 e. The maximum atomic E-state index is 12.5. The van der Waals surface area contributed by atoms with E-state index in [2.05, 4.69) is 18.2 Å². The zero-order chi connectivity index (χ0) is 18.5. The van der Waals surface area contributed by atoms with E-state index in [1.54, 1.807) is 0 Å². The van der Waals surface area contributed by atoms with Crippen molar-refractivity contribution in [1.82, 2.24) is 0 Å². The second kappa shape index (κ2) is 7.99. The van der Waals surface area contributed by atoms with E-state index >= 15 is 0 Å². The van der Waals surface area contributed by atoms with Gasteiger partial charge in [-0.1, -0.05) is 42.0 Å². The van der Waals surface area contributed by atoms with Crippen LogP contribution in [0.25, 0.3) is 0 Å². The Morgan fingerprint density at radius 3 is 2.15 bits per heavy atom. The number of carbonyl (C=O) groups is 1. The van der Waals surface area contributed by atoms with E-state index in [1.807, 2.05) is 18.2 Å². The van der Waals surface area contributed by atoms with E-state index in [4.69, 9.17) is 18.9 Å². The van der Waals surface area contributed by atoms with E-state index < -0.39 is 5.78 Å². The molecule has 0 saturated carbocycles. The summed E-state index contributed by atoms with van der Waals surface area (Å²) in [5, 5.41) is 0. The van der Waals surface area contributed by atoms with Gasteiger partial charge in [-0.15, -0.1) is 0 Å². The minimum Gasteiger partial charge on any atom is -0.462 e. The molecule has 0 aromatic rings. The molecule has 0 radical (unpaired) electrons. The minimum atomic E-state index is -0.432. The van der Waals surface area contributed by atoms with Crippen LogP contribution in [0.15, 0.2) is 95.7 Å². The molecule has 4 aliphatic rings. The van der Waals surface area contributed by atoms with Gasteiger partial charge in [0.15, 0.2) is 5.76 Å². The van der Waals surface area contributed by atoms with Gasteiger partial charge < -0.3 is 18.9 Å². The van der Waals surface area contributed by atoms with Gasteiger partial charge in [0.05, 0.1) is 0 Å². The molecule has 0 saturated heterocycles. The average molecular weight is 364 g/mol. The number of ether oxygens (including phenoxy) is 4. The highest BCUT2D eigenvalue weighted by Gasteiger charge is 2.25. The Balaban J connectivity index is 1.32. The van der Waals surface area contributed by atoms with Gasteiger partial charge in [-0.3, -0.25) is 4.79 Å². The molecule has 0 N–H and O–H groups in total. The number of ketones is 1. The molecule has 5 heteroatoms. The molecular weight excluding hydrogens is 344 g/mol. The van der Waals surface area contributed by atoms with Crippen LogP contribution < -0.4 is 0 Å². The molecule has 2 heterocycles. The molecule has 0 bridgehead atoms. The molecule has 0 unspecified atom stereocenters. The Kier molecular flexibility index (Phi) is 5.10. The fraction of sp³-hybridized carbons (Fsp3) is 0.227. The smallest absolute Gasteiger partial charge is 0.269 e. The van der Waals surface area contributed by atoms with Crippen molar-refractivity contribution in [3.8, 4) is 0 Å². The van der Waals surface area contributed by atoms with Gasteiger partial charge in [0, 0.05) is 6.42 Å². The third-order valence-electron chi connectivity index (χ3n) is 4.50. The van der Waals surface area contributed by atoms with Crippen molar-refractivity contribution >= 4 is 5.78 Å². The third kappa shape index (κ3) is 4.14. The molecular formula is C22H20O5. The molecule has 0 fully saturated rings. The monoisotopic (exact) mass is 364 g/mol. The Morgan fingerprint density at radius 1 is 0.815 bits per heavy atom. The highest BCUT2D eigenvalue weighted by atomic mass is 16.6. The first kappa shape index (κ1) is 17.2. The van der Waals surface area contributed by atoms with Crippen LogP contribution in [0.4, 0.5) is 0 Å².